The zero-order valence-electron chi connectivity index (χ0n) is 10.1. The molecule has 0 radical (unpaired) electrons. The lowest BCUT2D eigenvalue weighted by Crippen LogP contribution is -2.36. The fourth-order valence-corrected chi connectivity index (χ4v) is 1.49. The topological polar surface area (TPSA) is 54.4 Å². The van der Waals surface area contributed by atoms with Crippen molar-refractivity contribution >= 4 is 0 Å². The number of ether oxygens (including phenoxy) is 1. The molecule has 0 bridgehead atoms. The van der Waals surface area contributed by atoms with E-state index in [1.165, 1.54) is 0 Å². The van der Waals surface area contributed by atoms with Crippen molar-refractivity contribution in [2.24, 2.45) is 5.92 Å². The maximum atomic E-state index is 9.19. The third-order valence-electron chi connectivity index (χ3n) is 2.60. The molecule has 4 nitrogen and oxygen atoms in total. The zero-order valence-corrected chi connectivity index (χ0v) is 10.1. The average Bonchev–Trinajstić information content (AvgIpc) is 2.30. The van der Waals surface area contributed by atoms with Gasteiger partial charge >= 0.3 is 0 Å². The molecule has 0 saturated carbocycles. The van der Waals surface area contributed by atoms with Crippen LogP contribution in [0.5, 0.6) is 5.88 Å². The van der Waals surface area contributed by atoms with Gasteiger partial charge in [-0.1, -0.05) is 19.9 Å². The van der Waals surface area contributed by atoms with E-state index in [1.54, 1.807) is 13.3 Å². The molecule has 1 atom stereocenters. The molecule has 0 aliphatic heterocycles. The van der Waals surface area contributed by atoms with Crippen molar-refractivity contribution in [3.63, 3.8) is 0 Å². The van der Waals surface area contributed by atoms with Crippen molar-refractivity contribution in [2.45, 2.75) is 26.4 Å². The summed E-state index contributed by atoms with van der Waals surface area (Å²) in [4.78, 5) is 4.12. The van der Waals surface area contributed by atoms with E-state index in [0.29, 0.717) is 18.3 Å². The van der Waals surface area contributed by atoms with Crippen LogP contribution in [0.2, 0.25) is 0 Å². The Morgan fingerprint density at radius 3 is 2.81 bits per heavy atom. The maximum absolute atomic E-state index is 9.19. The minimum Gasteiger partial charge on any atom is -0.481 e. The van der Waals surface area contributed by atoms with Gasteiger partial charge in [0.15, 0.2) is 0 Å². The second kappa shape index (κ2) is 6.45. The lowest BCUT2D eigenvalue weighted by molar-refractivity contribution is 0.209. The minimum absolute atomic E-state index is 0.102. The largest absolute Gasteiger partial charge is 0.481 e. The Balaban J connectivity index is 2.59. The molecule has 90 valence electrons. The van der Waals surface area contributed by atoms with Gasteiger partial charge in [-0.05, 0) is 12.0 Å². The van der Waals surface area contributed by atoms with Crippen LogP contribution in [-0.2, 0) is 6.54 Å². The predicted molar refractivity (Wildman–Crippen MR) is 63.3 cm³/mol. The number of rotatable bonds is 6. The molecule has 1 heterocycles. The van der Waals surface area contributed by atoms with E-state index in [-0.39, 0.29) is 12.6 Å². The highest BCUT2D eigenvalue weighted by molar-refractivity contribution is 5.25. The predicted octanol–water partition coefficient (Wildman–Crippen LogP) is 1.20. The summed E-state index contributed by atoms with van der Waals surface area (Å²) in [6, 6.07) is 3.95. The van der Waals surface area contributed by atoms with Gasteiger partial charge in [-0.2, -0.15) is 0 Å². The molecular weight excluding hydrogens is 204 g/mol. The van der Waals surface area contributed by atoms with Crippen LogP contribution < -0.4 is 10.1 Å². The van der Waals surface area contributed by atoms with Crippen molar-refractivity contribution in [2.75, 3.05) is 13.7 Å². The molecule has 4 heteroatoms. The van der Waals surface area contributed by atoms with E-state index in [4.69, 9.17) is 4.74 Å². The van der Waals surface area contributed by atoms with Gasteiger partial charge in [0.2, 0.25) is 5.88 Å². The average molecular weight is 224 g/mol. The van der Waals surface area contributed by atoms with Gasteiger partial charge in [0.25, 0.3) is 0 Å². The molecule has 2 N–H and O–H groups in total. The smallest absolute Gasteiger partial charge is 0.217 e. The lowest BCUT2D eigenvalue weighted by atomic mass is 10.1. The lowest BCUT2D eigenvalue weighted by Gasteiger charge is -2.20. The number of nitrogens with zero attached hydrogens (tertiary/aromatic N) is 1. The normalized spacial score (nSPS) is 12.8. The van der Waals surface area contributed by atoms with Crippen LogP contribution in [0.25, 0.3) is 0 Å². The van der Waals surface area contributed by atoms with Crippen molar-refractivity contribution < 1.29 is 9.84 Å². The molecule has 1 aromatic heterocycles. The van der Waals surface area contributed by atoms with E-state index in [0.717, 1.165) is 5.56 Å². The Kier molecular flexibility index (Phi) is 5.22. The van der Waals surface area contributed by atoms with Gasteiger partial charge in [-0.25, -0.2) is 4.98 Å². The molecule has 0 amide bonds. The maximum Gasteiger partial charge on any atom is 0.217 e. The molecule has 1 rings (SSSR count). The summed E-state index contributed by atoms with van der Waals surface area (Å²) < 4.78 is 5.16. The fourth-order valence-electron chi connectivity index (χ4n) is 1.49. The highest BCUT2D eigenvalue weighted by atomic mass is 16.5. The number of aliphatic hydroxyl groups is 1. The van der Waals surface area contributed by atoms with Crippen LogP contribution in [-0.4, -0.2) is 29.8 Å². The monoisotopic (exact) mass is 224 g/mol. The number of hydrogen-bond donors (Lipinski definition) is 2. The van der Waals surface area contributed by atoms with Gasteiger partial charge in [-0.3, -0.25) is 0 Å². The summed E-state index contributed by atoms with van der Waals surface area (Å²) in [5.74, 6) is 1.03. The summed E-state index contributed by atoms with van der Waals surface area (Å²) in [6.45, 7) is 4.95. The van der Waals surface area contributed by atoms with Crippen molar-refractivity contribution in [1.82, 2.24) is 10.3 Å². The van der Waals surface area contributed by atoms with Crippen molar-refractivity contribution in [1.29, 1.82) is 0 Å². The Hall–Kier alpha value is -1.13. The summed E-state index contributed by atoms with van der Waals surface area (Å²) >= 11 is 0. The van der Waals surface area contributed by atoms with Crippen molar-refractivity contribution in [3.8, 4) is 5.88 Å². The van der Waals surface area contributed by atoms with Crippen LogP contribution in [0.1, 0.15) is 19.4 Å². The molecule has 0 fully saturated rings. The van der Waals surface area contributed by atoms with Gasteiger partial charge in [0, 0.05) is 24.3 Å². The molecule has 0 aliphatic rings. The van der Waals surface area contributed by atoms with E-state index < -0.39 is 0 Å². The Morgan fingerprint density at radius 1 is 1.50 bits per heavy atom. The van der Waals surface area contributed by atoms with Crippen LogP contribution >= 0.6 is 0 Å². The Labute approximate surface area is 96.7 Å². The number of nitrogens with one attached hydrogen (secondary N) is 1. The fraction of sp³-hybridized carbons (Fsp3) is 0.583. The van der Waals surface area contributed by atoms with Gasteiger partial charge < -0.3 is 15.2 Å². The summed E-state index contributed by atoms with van der Waals surface area (Å²) in [6.07, 6.45) is 1.70. The first-order valence-corrected chi connectivity index (χ1v) is 5.51. The number of aromatic nitrogens is 1. The standard InChI is InChI=1S/C12H20N2O2/c1-9(2)11(8-15)14-7-10-5-4-6-13-12(10)16-3/h4-6,9,11,14-15H,7-8H2,1-3H3/t11-/m1/s1. The third kappa shape index (κ3) is 3.47. The molecule has 0 saturated heterocycles. The summed E-state index contributed by atoms with van der Waals surface area (Å²) in [5, 5.41) is 12.5. The number of aliphatic hydroxyl groups excluding tert-OH is 1. The second-order valence-electron chi connectivity index (χ2n) is 4.09. The third-order valence-corrected chi connectivity index (χ3v) is 2.60. The van der Waals surface area contributed by atoms with E-state index in [9.17, 15) is 5.11 Å². The number of methoxy groups -OCH3 is 1. The molecule has 0 unspecified atom stereocenters. The summed E-state index contributed by atoms with van der Waals surface area (Å²) in [5.41, 5.74) is 1.00. The van der Waals surface area contributed by atoms with Gasteiger partial charge in [-0.15, -0.1) is 0 Å². The number of hydrogen-bond acceptors (Lipinski definition) is 4. The molecule has 0 aromatic carbocycles. The Morgan fingerprint density at radius 2 is 2.25 bits per heavy atom. The molecule has 0 aliphatic carbocycles. The van der Waals surface area contributed by atoms with Crippen molar-refractivity contribution in [3.05, 3.63) is 23.9 Å². The minimum atomic E-state index is 0.102. The first kappa shape index (κ1) is 12.9. The van der Waals surface area contributed by atoms with Gasteiger partial charge in [0.05, 0.1) is 13.7 Å². The van der Waals surface area contributed by atoms with Crippen LogP contribution in [0.15, 0.2) is 18.3 Å². The summed E-state index contributed by atoms with van der Waals surface area (Å²) in [7, 11) is 1.61. The number of pyridine rings is 1. The molecule has 16 heavy (non-hydrogen) atoms. The van der Waals surface area contributed by atoms with Crippen LogP contribution in [0.4, 0.5) is 0 Å². The quantitative estimate of drug-likeness (QED) is 0.762. The Bertz CT molecular complexity index is 316. The van der Waals surface area contributed by atoms with Crippen LogP contribution in [0.3, 0.4) is 0 Å². The molecule has 1 aromatic rings. The molecule has 0 spiro atoms. The highest BCUT2D eigenvalue weighted by Crippen LogP contribution is 2.13. The first-order valence-electron chi connectivity index (χ1n) is 5.51. The van der Waals surface area contributed by atoms with E-state index in [1.807, 2.05) is 12.1 Å². The van der Waals surface area contributed by atoms with Crippen LogP contribution in [0, 0.1) is 5.92 Å². The first-order chi connectivity index (χ1) is 7.69. The second-order valence-corrected chi connectivity index (χ2v) is 4.09. The van der Waals surface area contributed by atoms with Gasteiger partial charge in [0.1, 0.15) is 0 Å². The molecular formula is C12H20N2O2. The SMILES string of the molecule is COc1ncccc1CN[C@H](CO)C(C)C. The zero-order chi connectivity index (χ0) is 12.0. The van der Waals surface area contributed by atoms with E-state index in [2.05, 4.69) is 24.1 Å². The highest BCUT2D eigenvalue weighted by Gasteiger charge is 2.12. The van der Waals surface area contributed by atoms with E-state index >= 15 is 0 Å².